The van der Waals surface area contributed by atoms with Crippen molar-refractivity contribution in [3.8, 4) is 0 Å². The van der Waals surface area contributed by atoms with Gasteiger partial charge in [0, 0.05) is 10.7 Å². The number of nitrogens with one attached hydrogen (secondary N) is 1. The fourth-order valence-electron chi connectivity index (χ4n) is 1.99. The van der Waals surface area contributed by atoms with Crippen molar-refractivity contribution in [2.45, 2.75) is 4.90 Å². The van der Waals surface area contributed by atoms with Gasteiger partial charge in [-0.3, -0.25) is 4.72 Å². The Balaban J connectivity index is 2.00. The number of fused-ring (bicyclic) bond motifs is 1. The summed E-state index contributed by atoms with van der Waals surface area (Å²) in [7, 11) is -3.65. The summed E-state index contributed by atoms with van der Waals surface area (Å²) in [6.07, 6.45) is 1.53. The van der Waals surface area contributed by atoms with Crippen molar-refractivity contribution in [3.63, 3.8) is 0 Å². The Morgan fingerprint density at radius 2 is 1.71 bits per heavy atom. The van der Waals surface area contributed by atoms with Gasteiger partial charge in [0.1, 0.15) is 5.82 Å². The Morgan fingerprint density at radius 3 is 2.48 bits per heavy atom. The summed E-state index contributed by atoms with van der Waals surface area (Å²) in [5.74, 6) is 0.275. The number of pyridine rings is 1. The molecule has 1 N–H and O–H groups in total. The van der Waals surface area contributed by atoms with Gasteiger partial charge in [0.25, 0.3) is 10.0 Å². The molecule has 106 valence electrons. The van der Waals surface area contributed by atoms with Crippen molar-refractivity contribution in [1.29, 1.82) is 0 Å². The van der Waals surface area contributed by atoms with Gasteiger partial charge in [-0.05, 0) is 35.0 Å². The highest BCUT2D eigenvalue weighted by Gasteiger charge is 2.15. The van der Waals surface area contributed by atoms with Gasteiger partial charge in [-0.1, -0.05) is 46.3 Å². The summed E-state index contributed by atoms with van der Waals surface area (Å²) in [6.45, 7) is 0. The minimum absolute atomic E-state index is 0.211. The number of aromatic nitrogens is 1. The van der Waals surface area contributed by atoms with Crippen molar-refractivity contribution in [1.82, 2.24) is 4.98 Å². The molecule has 0 bridgehead atoms. The fraction of sp³-hybridized carbons (Fsp3) is 0. The highest BCUT2D eigenvalue weighted by Crippen LogP contribution is 2.21. The first-order chi connectivity index (χ1) is 10.0. The third-order valence-electron chi connectivity index (χ3n) is 2.99. The lowest BCUT2D eigenvalue weighted by atomic mass is 10.1. The molecule has 0 radical (unpaired) electrons. The van der Waals surface area contributed by atoms with Gasteiger partial charge in [0.2, 0.25) is 0 Å². The van der Waals surface area contributed by atoms with E-state index in [9.17, 15) is 8.42 Å². The van der Waals surface area contributed by atoms with Gasteiger partial charge in [-0.25, -0.2) is 13.4 Å². The van der Waals surface area contributed by atoms with E-state index < -0.39 is 10.0 Å². The summed E-state index contributed by atoms with van der Waals surface area (Å²) >= 11 is 3.28. The van der Waals surface area contributed by atoms with Crippen LogP contribution in [0.1, 0.15) is 0 Å². The van der Waals surface area contributed by atoms with E-state index in [4.69, 9.17) is 0 Å². The lowest BCUT2D eigenvalue weighted by molar-refractivity contribution is 0.601. The predicted octanol–water partition coefficient (Wildman–Crippen LogP) is 3.80. The average molecular weight is 363 g/mol. The topological polar surface area (TPSA) is 59.1 Å². The second-order valence-corrected chi connectivity index (χ2v) is 7.07. The van der Waals surface area contributed by atoms with E-state index >= 15 is 0 Å². The van der Waals surface area contributed by atoms with Crippen LogP contribution in [0.15, 0.2) is 70.2 Å². The number of hydrogen-bond acceptors (Lipinski definition) is 3. The molecule has 0 saturated carbocycles. The molecule has 0 fully saturated rings. The van der Waals surface area contributed by atoms with Crippen LogP contribution in [0.5, 0.6) is 0 Å². The van der Waals surface area contributed by atoms with Crippen LogP contribution in [-0.4, -0.2) is 13.4 Å². The van der Waals surface area contributed by atoms with E-state index in [-0.39, 0.29) is 10.7 Å². The standard InChI is InChI=1S/C15H11BrN2O2S/c16-13-7-8-17-15(10-13)18-21(19,20)14-6-5-11-3-1-2-4-12(11)9-14/h1-10H,(H,17,18). The van der Waals surface area contributed by atoms with Crippen LogP contribution in [0.3, 0.4) is 0 Å². The number of sulfonamides is 1. The van der Waals surface area contributed by atoms with Crippen molar-refractivity contribution in [2.75, 3.05) is 4.72 Å². The summed E-state index contributed by atoms with van der Waals surface area (Å²) in [4.78, 5) is 4.20. The summed E-state index contributed by atoms with van der Waals surface area (Å²) in [6, 6.07) is 16.0. The van der Waals surface area contributed by atoms with Crippen LogP contribution in [0.4, 0.5) is 5.82 Å². The SMILES string of the molecule is O=S(=O)(Nc1cc(Br)ccn1)c1ccc2ccccc2c1. The molecule has 21 heavy (non-hydrogen) atoms. The Kier molecular flexibility index (Phi) is 3.65. The smallest absolute Gasteiger partial charge is 0.263 e. The third-order valence-corrected chi connectivity index (χ3v) is 4.84. The lowest BCUT2D eigenvalue weighted by Gasteiger charge is -2.08. The summed E-state index contributed by atoms with van der Waals surface area (Å²) < 4.78 is 28.0. The van der Waals surface area contributed by atoms with Crippen LogP contribution in [-0.2, 0) is 10.0 Å². The minimum atomic E-state index is -3.65. The molecule has 0 amide bonds. The second-order valence-electron chi connectivity index (χ2n) is 4.47. The summed E-state index contributed by atoms with van der Waals surface area (Å²) in [5.41, 5.74) is 0. The van der Waals surface area contributed by atoms with Gasteiger partial charge in [0.05, 0.1) is 4.90 Å². The maximum atomic E-state index is 12.4. The number of nitrogens with zero attached hydrogens (tertiary/aromatic N) is 1. The molecule has 0 spiro atoms. The van der Waals surface area contributed by atoms with E-state index in [1.54, 1.807) is 30.3 Å². The van der Waals surface area contributed by atoms with E-state index in [2.05, 4.69) is 25.6 Å². The Bertz CT molecular complexity index is 910. The summed E-state index contributed by atoms with van der Waals surface area (Å²) in [5, 5.41) is 1.87. The zero-order valence-electron chi connectivity index (χ0n) is 10.8. The molecule has 3 rings (SSSR count). The van der Waals surface area contributed by atoms with Gasteiger partial charge < -0.3 is 0 Å². The largest absolute Gasteiger partial charge is 0.263 e. The molecule has 6 heteroatoms. The van der Waals surface area contributed by atoms with Crippen molar-refractivity contribution in [3.05, 3.63) is 65.3 Å². The molecule has 0 aliphatic heterocycles. The van der Waals surface area contributed by atoms with Crippen LogP contribution in [0.25, 0.3) is 10.8 Å². The predicted molar refractivity (Wildman–Crippen MR) is 86.7 cm³/mol. The maximum absolute atomic E-state index is 12.4. The van der Waals surface area contributed by atoms with Crippen LogP contribution < -0.4 is 4.72 Å². The van der Waals surface area contributed by atoms with Crippen LogP contribution in [0, 0.1) is 0 Å². The zero-order valence-corrected chi connectivity index (χ0v) is 13.2. The first kappa shape index (κ1) is 14.0. The van der Waals surface area contributed by atoms with E-state index in [0.717, 1.165) is 15.2 Å². The third kappa shape index (κ3) is 3.06. The van der Waals surface area contributed by atoms with Crippen LogP contribution >= 0.6 is 15.9 Å². The molecular formula is C15H11BrN2O2S. The number of rotatable bonds is 3. The lowest BCUT2D eigenvalue weighted by Crippen LogP contribution is -2.13. The second kappa shape index (κ2) is 5.46. The van der Waals surface area contributed by atoms with Gasteiger partial charge in [-0.2, -0.15) is 0 Å². The molecule has 0 atom stereocenters. The molecule has 0 aliphatic rings. The molecular weight excluding hydrogens is 352 g/mol. The number of anilines is 1. The maximum Gasteiger partial charge on any atom is 0.263 e. The number of halogens is 1. The molecule has 1 aromatic heterocycles. The highest BCUT2D eigenvalue weighted by atomic mass is 79.9. The van der Waals surface area contributed by atoms with Gasteiger partial charge >= 0.3 is 0 Å². The highest BCUT2D eigenvalue weighted by molar-refractivity contribution is 9.10. The van der Waals surface area contributed by atoms with E-state index in [1.165, 1.54) is 6.20 Å². The van der Waals surface area contributed by atoms with Crippen LogP contribution in [0.2, 0.25) is 0 Å². The monoisotopic (exact) mass is 362 g/mol. The van der Waals surface area contributed by atoms with Crippen molar-refractivity contribution in [2.24, 2.45) is 0 Å². The molecule has 0 saturated heterocycles. The molecule has 4 nitrogen and oxygen atoms in total. The Morgan fingerprint density at radius 1 is 0.952 bits per heavy atom. The molecule has 3 aromatic rings. The quantitative estimate of drug-likeness (QED) is 0.770. The molecule has 2 aromatic carbocycles. The Labute approximate surface area is 131 Å². The van der Waals surface area contributed by atoms with Gasteiger partial charge in [0.15, 0.2) is 0 Å². The Hall–Kier alpha value is -1.92. The number of benzene rings is 2. The minimum Gasteiger partial charge on any atom is -0.263 e. The average Bonchev–Trinajstić information content (AvgIpc) is 2.46. The van der Waals surface area contributed by atoms with E-state index in [1.807, 2.05) is 24.3 Å². The normalized spacial score (nSPS) is 11.5. The molecule has 0 aliphatic carbocycles. The first-order valence-corrected chi connectivity index (χ1v) is 8.45. The van der Waals surface area contributed by atoms with Gasteiger partial charge in [-0.15, -0.1) is 0 Å². The molecule has 0 unspecified atom stereocenters. The zero-order chi connectivity index (χ0) is 14.9. The van der Waals surface area contributed by atoms with E-state index in [0.29, 0.717) is 0 Å². The molecule has 1 heterocycles. The fourth-order valence-corrected chi connectivity index (χ4v) is 3.36. The first-order valence-electron chi connectivity index (χ1n) is 6.18. The number of hydrogen-bond donors (Lipinski definition) is 1. The van der Waals surface area contributed by atoms with Crippen molar-refractivity contribution < 1.29 is 8.42 Å². The van der Waals surface area contributed by atoms with Crippen molar-refractivity contribution >= 4 is 42.5 Å².